The number of benzene rings is 2. The molecule has 4 rings (SSSR count). The third kappa shape index (κ3) is 3.08. The summed E-state index contributed by atoms with van der Waals surface area (Å²) in [5.74, 6) is 0.411. The second kappa shape index (κ2) is 6.35. The predicted molar refractivity (Wildman–Crippen MR) is 93.2 cm³/mol. The van der Waals surface area contributed by atoms with Crippen molar-refractivity contribution < 1.29 is 4.79 Å². The number of anilines is 1. The first-order chi connectivity index (χ1) is 12.2. The number of tetrazole rings is 1. The second-order valence-corrected chi connectivity index (χ2v) is 6.06. The van der Waals surface area contributed by atoms with Crippen molar-refractivity contribution in [1.29, 1.82) is 0 Å². The summed E-state index contributed by atoms with van der Waals surface area (Å²) in [5, 5.41) is 12.3. The molecule has 1 aromatic heterocycles. The Morgan fingerprint density at radius 1 is 1.08 bits per heavy atom. The van der Waals surface area contributed by atoms with Crippen LogP contribution in [0.1, 0.15) is 11.1 Å². The van der Waals surface area contributed by atoms with Crippen LogP contribution in [0.3, 0.4) is 0 Å². The molecule has 0 atom stereocenters. The third-order valence-electron chi connectivity index (χ3n) is 4.41. The monoisotopic (exact) mass is 334 g/mol. The number of hydrogen-bond donors (Lipinski definition) is 1. The van der Waals surface area contributed by atoms with Gasteiger partial charge in [0.05, 0.1) is 0 Å². The molecule has 7 heteroatoms. The molecule has 7 nitrogen and oxygen atoms in total. The number of para-hydroxylation sites is 1. The lowest BCUT2D eigenvalue weighted by atomic mass is 10.00. The molecule has 25 heavy (non-hydrogen) atoms. The lowest BCUT2D eigenvalue weighted by Gasteiger charge is -2.28. The van der Waals surface area contributed by atoms with E-state index in [4.69, 9.17) is 5.73 Å². The van der Waals surface area contributed by atoms with Gasteiger partial charge in [-0.1, -0.05) is 36.4 Å². The average Bonchev–Trinajstić information content (AvgIpc) is 3.10. The van der Waals surface area contributed by atoms with Gasteiger partial charge in [0.2, 0.25) is 11.7 Å². The molecule has 1 aliphatic rings. The van der Waals surface area contributed by atoms with E-state index < -0.39 is 0 Å². The van der Waals surface area contributed by atoms with Crippen molar-refractivity contribution in [1.82, 2.24) is 25.1 Å². The smallest absolute Gasteiger partial charge is 0.246 e. The first kappa shape index (κ1) is 15.3. The summed E-state index contributed by atoms with van der Waals surface area (Å²) in [7, 11) is 0. The zero-order valence-corrected chi connectivity index (χ0v) is 13.7. The number of nitrogen functional groups attached to an aromatic ring is 1. The van der Waals surface area contributed by atoms with Crippen molar-refractivity contribution in [2.45, 2.75) is 19.5 Å². The van der Waals surface area contributed by atoms with E-state index in [0.717, 1.165) is 6.42 Å². The number of carbonyl (C=O) groups is 1. The molecule has 2 N–H and O–H groups in total. The molecule has 0 aliphatic carbocycles. The van der Waals surface area contributed by atoms with E-state index in [0.29, 0.717) is 30.2 Å². The van der Waals surface area contributed by atoms with Crippen LogP contribution in [0.2, 0.25) is 0 Å². The van der Waals surface area contributed by atoms with Gasteiger partial charge in [0.15, 0.2) is 0 Å². The number of aromatic nitrogens is 4. The summed E-state index contributed by atoms with van der Waals surface area (Å²) in [4.78, 5) is 15.7. The number of nitrogens with two attached hydrogens (primary N) is 1. The van der Waals surface area contributed by atoms with Gasteiger partial charge >= 0.3 is 0 Å². The van der Waals surface area contributed by atoms with Crippen LogP contribution >= 0.6 is 0 Å². The van der Waals surface area contributed by atoms with Gasteiger partial charge in [-0.2, -0.15) is 4.80 Å². The maximum absolute atomic E-state index is 12.6. The van der Waals surface area contributed by atoms with Crippen molar-refractivity contribution in [2.24, 2.45) is 0 Å². The summed E-state index contributed by atoms with van der Waals surface area (Å²) < 4.78 is 0. The van der Waals surface area contributed by atoms with E-state index in [1.54, 1.807) is 6.07 Å². The fourth-order valence-corrected chi connectivity index (χ4v) is 3.05. The van der Waals surface area contributed by atoms with E-state index in [1.807, 2.05) is 35.2 Å². The fourth-order valence-electron chi connectivity index (χ4n) is 3.05. The molecule has 0 saturated carbocycles. The minimum Gasteiger partial charge on any atom is -0.398 e. The van der Waals surface area contributed by atoms with E-state index in [2.05, 4.69) is 27.5 Å². The van der Waals surface area contributed by atoms with E-state index in [9.17, 15) is 4.79 Å². The minimum atomic E-state index is -0.0144. The fraction of sp³-hybridized carbons (Fsp3) is 0.222. The Morgan fingerprint density at radius 3 is 2.68 bits per heavy atom. The first-order valence-electron chi connectivity index (χ1n) is 8.18. The summed E-state index contributed by atoms with van der Waals surface area (Å²) in [6.07, 6.45) is 0.874. The van der Waals surface area contributed by atoms with Crippen LogP contribution in [-0.2, 0) is 24.3 Å². The van der Waals surface area contributed by atoms with Gasteiger partial charge < -0.3 is 10.6 Å². The summed E-state index contributed by atoms with van der Waals surface area (Å²) in [5.41, 5.74) is 9.75. The number of nitrogens with zero attached hydrogens (tertiary/aromatic N) is 5. The van der Waals surface area contributed by atoms with E-state index in [1.165, 1.54) is 15.9 Å². The quantitative estimate of drug-likeness (QED) is 0.733. The van der Waals surface area contributed by atoms with Crippen LogP contribution in [-0.4, -0.2) is 37.6 Å². The minimum absolute atomic E-state index is 0.0144. The molecule has 0 bridgehead atoms. The molecule has 0 saturated heterocycles. The topological polar surface area (TPSA) is 89.9 Å². The average molecular weight is 334 g/mol. The molecule has 0 fully saturated rings. The van der Waals surface area contributed by atoms with Crippen molar-refractivity contribution in [3.05, 3.63) is 59.7 Å². The van der Waals surface area contributed by atoms with E-state index >= 15 is 0 Å². The maximum atomic E-state index is 12.6. The largest absolute Gasteiger partial charge is 0.398 e. The van der Waals surface area contributed by atoms with Crippen LogP contribution in [0.25, 0.3) is 11.4 Å². The van der Waals surface area contributed by atoms with Gasteiger partial charge in [0.25, 0.3) is 0 Å². The third-order valence-corrected chi connectivity index (χ3v) is 4.41. The highest BCUT2D eigenvalue weighted by molar-refractivity contribution is 5.76. The maximum Gasteiger partial charge on any atom is 0.246 e. The molecule has 2 heterocycles. The summed E-state index contributed by atoms with van der Waals surface area (Å²) >= 11 is 0. The number of hydrogen-bond acceptors (Lipinski definition) is 5. The number of carbonyl (C=O) groups excluding carboxylic acids is 1. The molecule has 126 valence electrons. The Balaban J connectivity index is 1.47. The zero-order chi connectivity index (χ0) is 17.2. The molecule has 1 aliphatic heterocycles. The number of amides is 1. The normalized spacial score (nSPS) is 13.5. The highest BCUT2D eigenvalue weighted by Crippen LogP contribution is 2.21. The molecule has 2 aromatic carbocycles. The highest BCUT2D eigenvalue weighted by Gasteiger charge is 2.21. The van der Waals surface area contributed by atoms with E-state index in [-0.39, 0.29) is 12.5 Å². The van der Waals surface area contributed by atoms with Gasteiger partial charge in [-0.15, -0.1) is 10.2 Å². The van der Waals surface area contributed by atoms with Gasteiger partial charge in [0.1, 0.15) is 6.54 Å². The Hall–Kier alpha value is -3.22. The van der Waals surface area contributed by atoms with Gasteiger partial charge in [-0.05, 0) is 34.9 Å². The Kier molecular flexibility index (Phi) is 3.89. The second-order valence-electron chi connectivity index (χ2n) is 6.06. The van der Waals surface area contributed by atoms with Crippen molar-refractivity contribution in [2.75, 3.05) is 12.3 Å². The molecule has 3 aromatic rings. The van der Waals surface area contributed by atoms with Gasteiger partial charge in [-0.25, -0.2) is 0 Å². The standard InChI is InChI=1S/C18H18N6O/c19-16-8-4-3-7-15(16)18-20-22-24(21-18)12-17(25)23-10-9-13-5-1-2-6-14(13)11-23/h1-8H,9-12,19H2. The zero-order valence-electron chi connectivity index (χ0n) is 13.7. The first-order valence-corrected chi connectivity index (χ1v) is 8.18. The van der Waals surface area contributed by atoms with Crippen LogP contribution in [0, 0.1) is 0 Å². The highest BCUT2D eigenvalue weighted by atomic mass is 16.2. The Morgan fingerprint density at radius 2 is 1.84 bits per heavy atom. The molecular formula is C18H18N6O. The number of fused-ring (bicyclic) bond motifs is 1. The van der Waals surface area contributed by atoms with Crippen LogP contribution < -0.4 is 5.73 Å². The SMILES string of the molecule is Nc1ccccc1-c1nnn(CC(=O)N2CCc3ccccc3C2)n1. The van der Waals surface area contributed by atoms with Crippen molar-refractivity contribution in [3.8, 4) is 11.4 Å². The van der Waals surface area contributed by atoms with Crippen LogP contribution in [0.15, 0.2) is 48.5 Å². The lowest BCUT2D eigenvalue weighted by molar-refractivity contribution is -0.133. The number of rotatable bonds is 3. The summed E-state index contributed by atoms with van der Waals surface area (Å²) in [6.45, 7) is 1.41. The van der Waals surface area contributed by atoms with Gasteiger partial charge in [-0.3, -0.25) is 4.79 Å². The molecule has 0 unspecified atom stereocenters. The van der Waals surface area contributed by atoms with Crippen molar-refractivity contribution >= 4 is 11.6 Å². The molecule has 0 spiro atoms. The molecule has 0 radical (unpaired) electrons. The Labute approximate surface area is 145 Å². The van der Waals surface area contributed by atoms with Gasteiger partial charge in [0, 0.05) is 24.3 Å². The van der Waals surface area contributed by atoms with Crippen molar-refractivity contribution in [3.63, 3.8) is 0 Å². The lowest BCUT2D eigenvalue weighted by Crippen LogP contribution is -2.38. The molecule has 1 amide bonds. The Bertz CT molecular complexity index is 919. The predicted octanol–water partition coefficient (Wildman–Crippen LogP) is 1.51. The molecular weight excluding hydrogens is 316 g/mol. The van der Waals surface area contributed by atoms with Crippen LogP contribution in [0.4, 0.5) is 5.69 Å². The van der Waals surface area contributed by atoms with Crippen LogP contribution in [0.5, 0.6) is 0 Å². The summed E-state index contributed by atoms with van der Waals surface area (Å²) in [6, 6.07) is 15.6.